The molecular formula is C9H12NS+. The smallest absolute Gasteiger partial charge is 0.198 e. The van der Waals surface area contributed by atoms with E-state index in [1.807, 2.05) is 30.5 Å². The maximum Gasteiger partial charge on any atom is 0.204 e. The lowest BCUT2D eigenvalue weighted by molar-refractivity contribution is -0.694. The predicted octanol–water partition coefficient (Wildman–Crippen LogP) is 1.55. The number of hydrogen-bond acceptors (Lipinski definition) is 1. The van der Waals surface area contributed by atoms with Gasteiger partial charge in [0.2, 0.25) is 5.69 Å². The molecular weight excluding hydrogens is 154 g/mol. The number of aromatic nitrogens is 1. The second kappa shape index (κ2) is 4.19. The quantitative estimate of drug-likeness (QED) is 0.513. The van der Waals surface area contributed by atoms with Gasteiger partial charge in [0, 0.05) is 24.0 Å². The highest BCUT2D eigenvalue weighted by molar-refractivity contribution is 7.80. The normalized spacial score (nSPS) is 9.55. The lowest BCUT2D eigenvalue weighted by atomic mass is 10.3. The second-order valence-corrected chi connectivity index (χ2v) is 2.69. The minimum atomic E-state index is 0.857. The first-order valence-corrected chi connectivity index (χ1v) is 4.23. The molecule has 1 nitrogen and oxygen atoms in total. The molecule has 0 fully saturated rings. The fraction of sp³-hybridized carbons (Fsp3) is 0.222. The first-order chi connectivity index (χ1) is 5.38. The van der Waals surface area contributed by atoms with Crippen molar-refractivity contribution in [3.05, 3.63) is 36.7 Å². The average Bonchev–Trinajstić information content (AvgIpc) is 2.06. The van der Waals surface area contributed by atoms with Gasteiger partial charge >= 0.3 is 0 Å². The summed E-state index contributed by atoms with van der Waals surface area (Å²) in [6.45, 7) is 4.66. The Kier molecular flexibility index (Phi) is 3.17. The first-order valence-electron chi connectivity index (χ1n) is 3.60. The van der Waals surface area contributed by atoms with Gasteiger partial charge in [0.25, 0.3) is 0 Å². The van der Waals surface area contributed by atoms with E-state index >= 15 is 0 Å². The summed E-state index contributed by atoms with van der Waals surface area (Å²) < 4.78 is 2.12. The van der Waals surface area contributed by atoms with Crippen LogP contribution in [0.4, 0.5) is 0 Å². The van der Waals surface area contributed by atoms with Crippen molar-refractivity contribution in [3.8, 4) is 0 Å². The van der Waals surface area contributed by atoms with E-state index in [4.69, 9.17) is 0 Å². The summed E-state index contributed by atoms with van der Waals surface area (Å²) >= 11 is 4.16. The molecule has 0 radical (unpaired) electrons. The van der Waals surface area contributed by atoms with E-state index in [9.17, 15) is 0 Å². The summed E-state index contributed by atoms with van der Waals surface area (Å²) in [6, 6.07) is 6.05. The molecule has 0 amide bonds. The van der Waals surface area contributed by atoms with Crippen LogP contribution in [0.2, 0.25) is 0 Å². The van der Waals surface area contributed by atoms with Crippen molar-refractivity contribution >= 4 is 18.7 Å². The van der Waals surface area contributed by atoms with E-state index in [1.54, 1.807) is 0 Å². The Morgan fingerprint density at radius 1 is 1.55 bits per heavy atom. The average molecular weight is 166 g/mol. The van der Waals surface area contributed by atoms with Gasteiger partial charge in [-0.15, -0.1) is 0 Å². The van der Waals surface area contributed by atoms with Crippen LogP contribution in [0.5, 0.6) is 0 Å². The van der Waals surface area contributed by atoms with Crippen LogP contribution in [-0.4, -0.2) is 5.75 Å². The van der Waals surface area contributed by atoms with Crippen molar-refractivity contribution in [2.75, 3.05) is 5.75 Å². The Hall–Kier alpha value is -0.760. The third-order valence-electron chi connectivity index (χ3n) is 1.53. The van der Waals surface area contributed by atoms with Gasteiger partial charge in [0.15, 0.2) is 12.7 Å². The molecule has 0 bridgehead atoms. The van der Waals surface area contributed by atoms with Crippen molar-refractivity contribution < 1.29 is 4.57 Å². The summed E-state index contributed by atoms with van der Waals surface area (Å²) in [4.78, 5) is 0. The van der Waals surface area contributed by atoms with Gasteiger partial charge in [-0.05, 0) is 6.07 Å². The molecule has 0 aliphatic rings. The number of hydrogen-bond donors (Lipinski definition) is 1. The molecule has 1 aromatic rings. The third-order valence-corrected chi connectivity index (χ3v) is 1.73. The molecule has 0 spiro atoms. The molecule has 0 aliphatic heterocycles. The van der Waals surface area contributed by atoms with Gasteiger partial charge in [-0.2, -0.15) is 17.2 Å². The Balaban J connectivity index is 2.92. The third kappa shape index (κ3) is 2.09. The van der Waals surface area contributed by atoms with Gasteiger partial charge in [-0.1, -0.05) is 6.58 Å². The van der Waals surface area contributed by atoms with E-state index in [0.717, 1.165) is 18.0 Å². The maximum absolute atomic E-state index is 4.16. The zero-order valence-corrected chi connectivity index (χ0v) is 7.30. The molecule has 0 unspecified atom stereocenters. The molecule has 0 aromatic carbocycles. The summed E-state index contributed by atoms with van der Waals surface area (Å²) in [5.41, 5.74) is 1.14. The van der Waals surface area contributed by atoms with Crippen molar-refractivity contribution in [3.63, 3.8) is 0 Å². The van der Waals surface area contributed by atoms with Crippen LogP contribution in [0.15, 0.2) is 31.0 Å². The molecule has 58 valence electrons. The van der Waals surface area contributed by atoms with Crippen LogP contribution in [-0.2, 0) is 6.54 Å². The van der Waals surface area contributed by atoms with Crippen LogP contribution in [0.1, 0.15) is 5.69 Å². The lowest BCUT2D eigenvalue weighted by Gasteiger charge is -1.95. The molecule has 0 atom stereocenters. The summed E-state index contributed by atoms with van der Waals surface area (Å²) in [6.07, 6.45) is 3.89. The Morgan fingerprint density at radius 2 is 2.36 bits per heavy atom. The zero-order chi connectivity index (χ0) is 8.10. The van der Waals surface area contributed by atoms with Crippen LogP contribution >= 0.6 is 12.6 Å². The summed E-state index contributed by atoms with van der Waals surface area (Å²) in [5, 5.41) is 0. The van der Waals surface area contributed by atoms with Crippen molar-refractivity contribution in [2.45, 2.75) is 6.54 Å². The van der Waals surface area contributed by atoms with Crippen molar-refractivity contribution in [1.82, 2.24) is 0 Å². The Labute approximate surface area is 72.8 Å². The highest BCUT2D eigenvalue weighted by atomic mass is 32.1. The number of rotatable bonds is 3. The molecule has 1 heterocycles. The van der Waals surface area contributed by atoms with Crippen LogP contribution in [0.3, 0.4) is 0 Å². The van der Waals surface area contributed by atoms with Gasteiger partial charge in [0.1, 0.15) is 0 Å². The van der Waals surface area contributed by atoms with Crippen molar-refractivity contribution in [1.29, 1.82) is 0 Å². The monoisotopic (exact) mass is 166 g/mol. The van der Waals surface area contributed by atoms with Gasteiger partial charge in [-0.25, -0.2) is 0 Å². The Morgan fingerprint density at radius 3 is 3.00 bits per heavy atom. The highest BCUT2D eigenvalue weighted by Crippen LogP contribution is 1.92. The number of nitrogens with zero attached hydrogens (tertiary/aromatic N) is 1. The van der Waals surface area contributed by atoms with E-state index in [0.29, 0.717) is 0 Å². The lowest BCUT2D eigenvalue weighted by Crippen LogP contribution is -2.37. The Bertz CT molecular complexity index is 245. The molecule has 1 aromatic heterocycles. The van der Waals surface area contributed by atoms with Gasteiger partial charge in [-0.3, -0.25) is 0 Å². The van der Waals surface area contributed by atoms with E-state index in [-0.39, 0.29) is 0 Å². The van der Waals surface area contributed by atoms with E-state index < -0.39 is 0 Å². The van der Waals surface area contributed by atoms with E-state index in [1.165, 1.54) is 0 Å². The fourth-order valence-electron chi connectivity index (χ4n) is 0.986. The van der Waals surface area contributed by atoms with E-state index in [2.05, 4.69) is 23.8 Å². The largest absolute Gasteiger partial charge is 0.204 e. The van der Waals surface area contributed by atoms with Gasteiger partial charge < -0.3 is 0 Å². The summed E-state index contributed by atoms with van der Waals surface area (Å²) in [5.74, 6) is 0.857. The fourth-order valence-corrected chi connectivity index (χ4v) is 1.20. The number of pyridine rings is 1. The molecule has 0 saturated carbocycles. The topological polar surface area (TPSA) is 3.88 Å². The van der Waals surface area contributed by atoms with Crippen LogP contribution in [0.25, 0.3) is 6.08 Å². The predicted molar refractivity (Wildman–Crippen MR) is 50.6 cm³/mol. The zero-order valence-electron chi connectivity index (χ0n) is 6.40. The second-order valence-electron chi connectivity index (χ2n) is 2.25. The minimum Gasteiger partial charge on any atom is -0.198 e. The molecule has 2 heteroatoms. The standard InChI is InChI=1S/C9H11NS/c1-2-9-5-3-4-6-10(9)7-8-11/h2-6H,1,7-8H2/p+1. The number of aryl methyl sites for hydroxylation is 1. The summed E-state index contributed by atoms with van der Waals surface area (Å²) in [7, 11) is 0. The highest BCUT2D eigenvalue weighted by Gasteiger charge is 2.02. The maximum atomic E-state index is 4.16. The van der Waals surface area contributed by atoms with Gasteiger partial charge in [0.05, 0.1) is 0 Å². The molecule has 0 aliphatic carbocycles. The van der Waals surface area contributed by atoms with Crippen LogP contribution < -0.4 is 4.57 Å². The molecule has 11 heavy (non-hydrogen) atoms. The minimum absolute atomic E-state index is 0.857. The molecule has 0 saturated heterocycles. The van der Waals surface area contributed by atoms with Crippen molar-refractivity contribution in [2.24, 2.45) is 0 Å². The number of thiol groups is 1. The molecule has 1 rings (SSSR count). The molecule has 0 N–H and O–H groups in total. The first kappa shape index (κ1) is 8.34. The SMILES string of the molecule is C=Cc1cccc[n+]1CCS. The van der Waals surface area contributed by atoms with Crippen LogP contribution in [0, 0.1) is 0 Å².